The van der Waals surface area contributed by atoms with E-state index in [1.807, 2.05) is 12.1 Å². The van der Waals surface area contributed by atoms with E-state index in [4.69, 9.17) is 23.2 Å². The fourth-order valence-corrected chi connectivity index (χ4v) is 3.25. The number of nitrogens with zero attached hydrogens (tertiary/aromatic N) is 1. The van der Waals surface area contributed by atoms with Crippen LogP contribution < -0.4 is 5.32 Å². The lowest BCUT2D eigenvalue weighted by Crippen LogP contribution is -2.31. The summed E-state index contributed by atoms with van der Waals surface area (Å²) in [5.41, 5.74) is 1.13. The topological polar surface area (TPSA) is 15.3 Å². The molecule has 118 valence electrons. The van der Waals surface area contributed by atoms with Gasteiger partial charge >= 0.3 is 0 Å². The first-order chi connectivity index (χ1) is 10.2. The summed E-state index contributed by atoms with van der Waals surface area (Å²) in [5.74, 6) is 0. The van der Waals surface area contributed by atoms with Crippen LogP contribution >= 0.6 is 23.2 Å². The molecule has 1 unspecified atom stereocenters. The average Bonchev–Trinajstić information content (AvgIpc) is 3.31. The maximum Gasteiger partial charge on any atom is 0.0640 e. The highest BCUT2D eigenvalue weighted by Crippen LogP contribution is 2.32. The average molecular weight is 329 g/mol. The number of nitrogens with one attached hydrogen (secondary N) is 1. The van der Waals surface area contributed by atoms with Crippen molar-refractivity contribution < 1.29 is 0 Å². The predicted molar refractivity (Wildman–Crippen MR) is 92.4 cm³/mol. The Kier molecular flexibility index (Phi) is 6.81. The summed E-state index contributed by atoms with van der Waals surface area (Å²) < 4.78 is 0. The molecule has 2 rings (SSSR count). The van der Waals surface area contributed by atoms with E-state index in [2.05, 4.69) is 30.1 Å². The van der Waals surface area contributed by atoms with Gasteiger partial charge in [0.1, 0.15) is 0 Å². The van der Waals surface area contributed by atoms with Gasteiger partial charge in [0.05, 0.1) is 10.0 Å². The third-order valence-corrected chi connectivity index (χ3v) is 5.01. The first-order valence-corrected chi connectivity index (χ1v) is 8.84. The zero-order chi connectivity index (χ0) is 15.2. The van der Waals surface area contributed by atoms with Crippen LogP contribution in [-0.4, -0.2) is 30.6 Å². The third kappa shape index (κ3) is 4.85. The molecule has 0 bridgehead atoms. The summed E-state index contributed by atoms with van der Waals surface area (Å²) in [4.78, 5) is 2.58. The van der Waals surface area contributed by atoms with E-state index in [0.717, 1.165) is 44.1 Å². The molecule has 1 aliphatic carbocycles. The number of rotatable bonds is 9. The van der Waals surface area contributed by atoms with Crippen LogP contribution in [0.4, 0.5) is 0 Å². The highest BCUT2D eigenvalue weighted by Gasteiger charge is 2.28. The van der Waals surface area contributed by atoms with Crippen LogP contribution in [0.25, 0.3) is 0 Å². The molecule has 0 amide bonds. The second kappa shape index (κ2) is 8.38. The van der Waals surface area contributed by atoms with Gasteiger partial charge in [-0.3, -0.25) is 0 Å². The SMILES string of the molecule is CCCNC(CCN(CC)C1CC1)c1cccc(Cl)c1Cl. The Morgan fingerprint density at radius 1 is 1.29 bits per heavy atom. The van der Waals surface area contributed by atoms with Crippen molar-refractivity contribution in [1.29, 1.82) is 0 Å². The number of halogens is 2. The summed E-state index contributed by atoms with van der Waals surface area (Å²) >= 11 is 12.6. The molecule has 0 heterocycles. The van der Waals surface area contributed by atoms with E-state index in [0.29, 0.717) is 10.0 Å². The second-order valence-corrected chi connectivity index (χ2v) is 6.58. The van der Waals surface area contributed by atoms with Gasteiger partial charge in [0.25, 0.3) is 0 Å². The molecule has 2 nitrogen and oxygen atoms in total. The van der Waals surface area contributed by atoms with Gasteiger partial charge in [-0.25, -0.2) is 0 Å². The minimum Gasteiger partial charge on any atom is -0.310 e. The Bertz CT molecular complexity index is 446. The molecule has 0 saturated heterocycles. The van der Waals surface area contributed by atoms with Crippen LogP contribution in [0.5, 0.6) is 0 Å². The van der Waals surface area contributed by atoms with Crippen molar-refractivity contribution in [3.8, 4) is 0 Å². The molecular formula is C17H26Cl2N2. The summed E-state index contributed by atoms with van der Waals surface area (Å²) in [6.07, 6.45) is 4.91. The molecule has 4 heteroatoms. The molecule has 1 saturated carbocycles. The molecule has 0 aromatic heterocycles. The molecular weight excluding hydrogens is 303 g/mol. The molecule has 1 aromatic rings. The van der Waals surface area contributed by atoms with E-state index < -0.39 is 0 Å². The number of hydrogen-bond donors (Lipinski definition) is 1. The summed E-state index contributed by atoms with van der Waals surface area (Å²) in [5, 5.41) is 4.96. The summed E-state index contributed by atoms with van der Waals surface area (Å²) in [7, 11) is 0. The second-order valence-electron chi connectivity index (χ2n) is 5.80. The highest BCUT2D eigenvalue weighted by atomic mass is 35.5. The quantitative estimate of drug-likeness (QED) is 0.692. The van der Waals surface area contributed by atoms with Gasteiger partial charge in [-0.2, -0.15) is 0 Å². The molecule has 0 radical (unpaired) electrons. The first kappa shape index (κ1) is 17.1. The summed E-state index contributed by atoms with van der Waals surface area (Å²) in [6, 6.07) is 7.03. The third-order valence-electron chi connectivity index (χ3n) is 4.17. The summed E-state index contributed by atoms with van der Waals surface area (Å²) in [6.45, 7) is 7.69. The standard InChI is InChI=1S/C17H26Cl2N2/c1-3-11-20-16(10-12-21(4-2)13-8-9-13)14-6-5-7-15(18)17(14)19/h5-7,13,16,20H,3-4,8-12H2,1-2H3. The maximum atomic E-state index is 6.41. The van der Waals surface area contributed by atoms with E-state index in [1.165, 1.54) is 12.8 Å². The smallest absolute Gasteiger partial charge is 0.0640 e. The van der Waals surface area contributed by atoms with Crippen molar-refractivity contribution in [3.63, 3.8) is 0 Å². The van der Waals surface area contributed by atoms with Crippen LogP contribution in [-0.2, 0) is 0 Å². The van der Waals surface area contributed by atoms with E-state index in [-0.39, 0.29) is 6.04 Å². The zero-order valence-corrected chi connectivity index (χ0v) is 14.6. The Morgan fingerprint density at radius 3 is 2.67 bits per heavy atom. The van der Waals surface area contributed by atoms with Crippen molar-refractivity contribution in [2.24, 2.45) is 0 Å². The van der Waals surface area contributed by atoms with Crippen LogP contribution in [0, 0.1) is 0 Å². The van der Waals surface area contributed by atoms with Crippen molar-refractivity contribution >= 4 is 23.2 Å². The first-order valence-electron chi connectivity index (χ1n) is 8.08. The van der Waals surface area contributed by atoms with Crippen LogP contribution in [0.15, 0.2) is 18.2 Å². The van der Waals surface area contributed by atoms with Crippen LogP contribution in [0.2, 0.25) is 10.0 Å². The maximum absolute atomic E-state index is 6.41. The normalized spacial score (nSPS) is 16.4. The molecule has 1 aliphatic rings. The van der Waals surface area contributed by atoms with Gasteiger partial charge in [-0.05, 0) is 50.4 Å². The van der Waals surface area contributed by atoms with Gasteiger partial charge in [0.15, 0.2) is 0 Å². The van der Waals surface area contributed by atoms with Crippen LogP contribution in [0.1, 0.15) is 51.1 Å². The molecule has 0 aliphatic heterocycles. The fraction of sp³-hybridized carbons (Fsp3) is 0.647. The van der Waals surface area contributed by atoms with Crippen molar-refractivity contribution in [2.75, 3.05) is 19.6 Å². The minimum absolute atomic E-state index is 0.281. The van der Waals surface area contributed by atoms with Crippen LogP contribution in [0.3, 0.4) is 0 Å². The number of benzene rings is 1. The van der Waals surface area contributed by atoms with Crippen molar-refractivity contribution in [3.05, 3.63) is 33.8 Å². The van der Waals surface area contributed by atoms with Gasteiger partial charge in [-0.1, -0.05) is 49.2 Å². The highest BCUT2D eigenvalue weighted by molar-refractivity contribution is 6.42. The van der Waals surface area contributed by atoms with E-state index in [1.54, 1.807) is 0 Å². The Hall–Kier alpha value is -0.280. The minimum atomic E-state index is 0.281. The lowest BCUT2D eigenvalue weighted by Gasteiger charge is -2.25. The van der Waals surface area contributed by atoms with Crippen molar-refractivity contribution in [1.82, 2.24) is 10.2 Å². The zero-order valence-electron chi connectivity index (χ0n) is 13.0. The Labute approximate surface area is 138 Å². The van der Waals surface area contributed by atoms with E-state index >= 15 is 0 Å². The van der Waals surface area contributed by atoms with Gasteiger partial charge in [0, 0.05) is 18.6 Å². The van der Waals surface area contributed by atoms with Gasteiger partial charge < -0.3 is 10.2 Å². The molecule has 1 N–H and O–H groups in total. The lowest BCUT2D eigenvalue weighted by molar-refractivity contribution is 0.259. The molecule has 1 aromatic carbocycles. The van der Waals surface area contributed by atoms with Gasteiger partial charge in [0.2, 0.25) is 0 Å². The predicted octanol–water partition coefficient (Wildman–Crippen LogP) is 4.91. The number of hydrogen-bond acceptors (Lipinski definition) is 2. The Balaban J connectivity index is 2.04. The molecule has 0 spiro atoms. The van der Waals surface area contributed by atoms with Crippen molar-refractivity contribution in [2.45, 2.75) is 51.6 Å². The van der Waals surface area contributed by atoms with Gasteiger partial charge in [-0.15, -0.1) is 0 Å². The largest absolute Gasteiger partial charge is 0.310 e. The fourth-order valence-electron chi connectivity index (χ4n) is 2.81. The lowest BCUT2D eigenvalue weighted by atomic mass is 10.0. The molecule has 1 fully saturated rings. The Morgan fingerprint density at radius 2 is 2.05 bits per heavy atom. The van der Waals surface area contributed by atoms with E-state index in [9.17, 15) is 0 Å². The molecule has 1 atom stereocenters. The molecule has 21 heavy (non-hydrogen) atoms. The monoisotopic (exact) mass is 328 g/mol.